The molecule has 2 aromatic rings. The molecule has 3 rings (SSSR count). The highest BCUT2D eigenvalue weighted by Gasteiger charge is 2.38. The van der Waals surface area contributed by atoms with Gasteiger partial charge < -0.3 is 56.9 Å². The van der Waals surface area contributed by atoms with Crippen LogP contribution in [0.2, 0.25) is 0 Å². The first-order chi connectivity index (χ1) is 31.7. The van der Waals surface area contributed by atoms with Crippen molar-refractivity contribution >= 4 is 53.3 Å². The maximum atomic E-state index is 14.4. The second kappa shape index (κ2) is 26.0. The number of aryl methyl sites for hydroxylation is 1. The Labute approximate surface area is 389 Å². The van der Waals surface area contributed by atoms with E-state index in [1.165, 1.54) is 63.2 Å². The van der Waals surface area contributed by atoms with Gasteiger partial charge in [0.05, 0.1) is 7.11 Å². The van der Waals surface area contributed by atoms with Crippen molar-refractivity contribution < 1.29 is 62.8 Å². The lowest BCUT2D eigenvalue weighted by Crippen LogP contribution is -2.62. The van der Waals surface area contributed by atoms with Gasteiger partial charge in [0, 0.05) is 18.4 Å². The molecule has 9 N–H and O–H groups in total. The van der Waals surface area contributed by atoms with Crippen molar-refractivity contribution in [3.8, 4) is 11.5 Å². The van der Waals surface area contributed by atoms with Gasteiger partial charge in [0.1, 0.15) is 59.6 Å². The van der Waals surface area contributed by atoms with Crippen molar-refractivity contribution in [2.75, 3.05) is 7.11 Å². The molecule has 1 heterocycles. The number of allylic oxidation sites excluding steroid dienone is 2. The summed E-state index contributed by atoms with van der Waals surface area (Å²) in [6.45, 7) is 10.6. The molecular formula is C47H63N7O13. The highest BCUT2D eigenvalue weighted by Crippen LogP contribution is 2.17. The summed E-state index contributed by atoms with van der Waals surface area (Å²) >= 11 is 0. The Kier molecular flexibility index (Phi) is 21.0. The Bertz CT molecular complexity index is 2170. The van der Waals surface area contributed by atoms with Crippen molar-refractivity contribution in [1.82, 2.24) is 37.2 Å². The molecule has 0 unspecified atom stereocenters. The van der Waals surface area contributed by atoms with Crippen LogP contribution in [0.4, 0.5) is 0 Å². The highest BCUT2D eigenvalue weighted by molar-refractivity contribution is 6.02. The van der Waals surface area contributed by atoms with Crippen molar-refractivity contribution in [3.05, 3.63) is 83.1 Å². The third-order valence-corrected chi connectivity index (χ3v) is 10.9. The number of hydrogen-bond donors (Lipinski definition) is 9. The molecule has 1 saturated heterocycles. The third kappa shape index (κ3) is 16.9. The highest BCUT2D eigenvalue weighted by atomic mass is 16.5. The fourth-order valence-electron chi connectivity index (χ4n) is 6.68. The van der Waals surface area contributed by atoms with E-state index in [2.05, 4.69) is 37.2 Å². The van der Waals surface area contributed by atoms with Crippen LogP contribution in [-0.2, 0) is 65.5 Å². The molecule has 0 saturated carbocycles. The normalized spacial score (nSPS) is 21.4. The number of carbonyl (C=O) groups is 9. The van der Waals surface area contributed by atoms with Crippen LogP contribution in [-0.4, -0.2) is 113 Å². The summed E-state index contributed by atoms with van der Waals surface area (Å²) in [4.78, 5) is 123. The monoisotopic (exact) mass is 933 g/mol. The largest absolute Gasteiger partial charge is 0.508 e. The number of aromatic hydroxyl groups is 2. The molecule has 67 heavy (non-hydrogen) atoms. The van der Waals surface area contributed by atoms with E-state index in [1.54, 1.807) is 45.9 Å². The van der Waals surface area contributed by atoms with E-state index < -0.39 is 102 Å². The number of esters is 2. The van der Waals surface area contributed by atoms with Crippen molar-refractivity contribution in [2.45, 2.75) is 129 Å². The van der Waals surface area contributed by atoms with Crippen molar-refractivity contribution in [1.29, 1.82) is 0 Å². The maximum absolute atomic E-state index is 14.4. The first kappa shape index (κ1) is 54.1. The van der Waals surface area contributed by atoms with Gasteiger partial charge in [0.2, 0.25) is 35.4 Å². The van der Waals surface area contributed by atoms with Gasteiger partial charge in [-0.3, -0.25) is 38.4 Å². The molecule has 0 aromatic heterocycles. The molecule has 7 amide bonds. The first-order valence-corrected chi connectivity index (χ1v) is 21.9. The number of benzene rings is 2. The first-order valence-electron chi connectivity index (χ1n) is 21.9. The molecule has 20 nitrogen and oxygen atoms in total. The van der Waals surface area contributed by atoms with Crippen LogP contribution in [0.1, 0.15) is 85.3 Å². The van der Waals surface area contributed by atoms with E-state index in [4.69, 9.17) is 9.47 Å². The van der Waals surface area contributed by atoms with Crippen LogP contribution in [0.3, 0.4) is 0 Å². The fourth-order valence-corrected chi connectivity index (χ4v) is 6.68. The Morgan fingerprint density at radius 1 is 0.791 bits per heavy atom. The van der Waals surface area contributed by atoms with Crippen LogP contribution in [0.15, 0.2) is 72.0 Å². The van der Waals surface area contributed by atoms with Gasteiger partial charge in [-0.25, -0.2) is 4.79 Å². The molecule has 1 fully saturated rings. The molecule has 7 atom stereocenters. The topological polar surface area (TPSA) is 297 Å². The number of methoxy groups -OCH3 is 1. The predicted octanol–water partition coefficient (Wildman–Crippen LogP) is 1.13. The number of carbonyl (C=O) groups excluding carboxylic acids is 9. The zero-order valence-corrected chi connectivity index (χ0v) is 39.0. The van der Waals surface area contributed by atoms with Crippen molar-refractivity contribution in [3.63, 3.8) is 0 Å². The van der Waals surface area contributed by atoms with Crippen molar-refractivity contribution in [2.24, 2.45) is 5.92 Å². The number of amides is 7. The molecule has 0 radical (unpaired) electrons. The van der Waals surface area contributed by atoms with Gasteiger partial charge >= 0.3 is 11.9 Å². The quantitative estimate of drug-likeness (QED) is 0.0844. The smallest absolute Gasteiger partial charge is 0.328 e. The number of phenols is 2. The minimum atomic E-state index is -1.76. The maximum Gasteiger partial charge on any atom is 0.328 e. The average Bonchev–Trinajstić information content (AvgIpc) is 3.29. The minimum Gasteiger partial charge on any atom is -0.508 e. The summed E-state index contributed by atoms with van der Waals surface area (Å²) in [7, 11) is 1.15. The second-order valence-electron chi connectivity index (χ2n) is 16.4. The molecule has 0 bridgehead atoms. The number of ether oxygens (including phenoxy) is 2. The Morgan fingerprint density at radius 2 is 1.40 bits per heavy atom. The van der Waals surface area contributed by atoms with E-state index in [1.807, 2.05) is 0 Å². The zero-order valence-electron chi connectivity index (χ0n) is 39.0. The fraction of sp³-hybridized carbons (Fsp3) is 0.468. The van der Waals surface area contributed by atoms with E-state index in [9.17, 15) is 53.4 Å². The SMILES string of the molecule is CC=C(C)C(=O)N[C@H](C(=O)N[C@H](Cc1ccc(O)cc1)C(=O)N[C@@H]1C(=O)N[C@@H](C)C(=O)NC(=CC)C(=O)N[C@H](CCC(=O)OC)C(=O)N[C@@H](CCCc2ccc(O)cc2)C(=O)O[C@@H]1C)C(C)C. The van der Waals surface area contributed by atoms with E-state index >= 15 is 0 Å². The number of cyclic esters (lactones) is 1. The lowest BCUT2D eigenvalue weighted by Gasteiger charge is -2.30. The summed E-state index contributed by atoms with van der Waals surface area (Å²) in [5.41, 5.74) is 1.29. The number of hydrogen-bond acceptors (Lipinski definition) is 13. The van der Waals surface area contributed by atoms with Gasteiger partial charge in [-0.2, -0.15) is 0 Å². The third-order valence-electron chi connectivity index (χ3n) is 10.9. The molecule has 2 aromatic carbocycles. The van der Waals surface area contributed by atoms with E-state index in [0.29, 0.717) is 17.6 Å². The molecule has 0 aliphatic carbocycles. The van der Waals surface area contributed by atoms with Gasteiger partial charge in [-0.05, 0) is 102 Å². The average molecular weight is 934 g/mol. The number of phenolic OH excluding ortho intramolecular Hbond substituents is 2. The van der Waals surface area contributed by atoms with Crippen LogP contribution in [0.5, 0.6) is 11.5 Å². The van der Waals surface area contributed by atoms with Gasteiger partial charge in [0.15, 0.2) is 0 Å². The Morgan fingerprint density at radius 3 is 1.97 bits per heavy atom. The molecule has 0 spiro atoms. The van der Waals surface area contributed by atoms with E-state index in [0.717, 1.165) is 12.7 Å². The summed E-state index contributed by atoms with van der Waals surface area (Å²) in [6.07, 6.45) is 1.12. The standard InChI is InChI=1S/C47H63N7O13/c1-9-26(5)40(58)53-38(25(3)4)45(63)52-36(24-30-16-20-32(56)21-17-30)44(62)54-39-28(7)67-47(65)35(13-11-12-29-14-18-31(55)19-15-29)51-43(61)34(22-23-37(57)66-8)50-42(60)33(10-2)49-41(59)27(6)48-46(39)64/h9-10,14-21,25,27-28,34-36,38-39,55-56H,11-13,22-24H2,1-8H3,(H,48,64)(H,49,59)(H,50,60)(H,51,61)(H,52,63)(H,53,58)(H,54,62)/t27-,28+,34+,35-,36+,38-,39-/m0/s1. The summed E-state index contributed by atoms with van der Waals surface area (Å²) in [6, 6.07) is 3.53. The molecule has 20 heteroatoms. The second-order valence-corrected chi connectivity index (χ2v) is 16.4. The van der Waals surface area contributed by atoms with Crippen LogP contribution in [0, 0.1) is 5.92 Å². The molecule has 1 aliphatic rings. The lowest BCUT2D eigenvalue weighted by atomic mass is 10.00. The van der Waals surface area contributed by atoms with E-state index in [-0.39, 0.29) is 49.3 Å². The molecule has 364 valence electrons. The van der Waals surface area contributed by atoms with Crippen LogP contribution in [0.25, 0.3) is 0 Å². The molecular weight excluding hydrogens is 871 g/mol. The van der Waals surface area contributed by atoms with Crippen LogP contribution < -0.4 is 37.2 Å². The lowest BCUT2D eigenvalue weighted by molar-refractivity contribution is -0.156. The summed E-state index contributed by atoms with van der Waals surface area (Å²) < 4.78 is 10.5. The summed E-state index contributed by atoms with van der Waals surface area (Å²) in [5, 5.41) is 37.5. The van der Waals surface area contributed by atoms with Crippen LogP contribution >= 0.6 is 0 Å². The Hall–Kier alpha value is -7.25. The minimum absolute atomic E-state index is 0.0457. The number of rotatable bonds is 16. The van der Waals surface area contributed by atoms with Gasteiger partial charge in [-0.1, -0.05) is 50.3 Å². The van der Waals surface area contributed by atoms with Gasteiger partial charge in [0.25, 0.3) is 5.91 Å². The summed E-state index contributed by atoms with van der Waals surface area (Å²) in [5.74, 6) is -8.17. The van der Waals surface area contributed by atoms with Gasteiger partial charge in [-0.15, -0.1) is 0 Å². The zero-order chi connectivity index (χ0) is 50.0. The Balaban J connectivity index is 2.08. The number of nitrogens with one attached hydrogen (secondary N) is 7. The predicted molar refractivity (Wildman–Crippen MR) is 243 cm³/mol. The molecule has 1 aliphatic heterocycles.